The second kappa shape index (κ2) is 7.23. The maximum Gasteiger partial charge on any atom is 0.280 e. The fourth-order valence-electron chi connectivity index (χ4n) is 2.40. The van der Waals surface area contributed by atoms with Crippen molar-refractivity contribution in [1.29, 1.82) is 0 Å². The Labute approximate surface area is 145 Å². The third-order valence-electron chi connectivity index (χ3n) is 3.56. The van der Waals surface area contributed by atoms with Crippen molar-refractivity contribution in [2.75, 3.05) is 12.0 Å². The van der Waals surface area contributed by atoms with Crippen molar-refractivity contribution in [3.8, 4) is 11.4 Å². The molecule has 1 aromatic heterocycles. The Hall–Kier alpha value is -2.73. The lowest BCUT2D eigenvalue weighted by Crippen LogP contribution is -2.40. The van der Waals surface area contributed by atoms with Crippen LogP contribution < -0.4 is 16.3 Å². The number of nitrogens with one attached hydrogen (secondary N) is 2. The lowest BCUT2D eigenvalue weighted by molar-refractivity contribution is 0.822. The number of hydrogen-bond donors (Lipinski definition) is 2. The van der Waals surface area contributed by atoms with Crippen LogP contribution in [0.2, 0.25) is 0 Å². The molecule has 24 heavy (non-hydrogen) atoms. The summed E-state index contributed by atoms with van der Waals surface area (Å²) in [6.45, 7) is 2.79. The summed E-state index contributed by atoms with van der Waals surface area (Å²) in [5.74, 6) is 0.528. The lowest BCUT2D eigenvalue weighted by atomic mass is 10.2. The third-order valence-corrected chi connectivity index (χ3v) is 3.79. The molecule has 0 saturated heterocycles. The van der Waals surface area contributed by atoms with E-state index in [0.717, 1.165) is 18.5 Å². The Morgan fingerprint density at radius 3 is 2.58 bits per heavy atom. The molecule has 3 aromatic rings. The summed E-state index contributed by atoms with van der Waals surface area (Å²) in [6, 6.07) is 16.9. The molecule has 0 amide bonds. The number of thiocarbonyl (C=S) groups is 1. The first-order valence-electron chi connectivity index (χ1n) is 7.82. The lowest BCUT2D eigenvalue weighted by Gasteiger charge is -2.16. The molecular weight excluding hydrogens is 320 g/mol. The van der Waals surface area contributed by atoms with E-state index < -0.39 is 0 Å². The molecule has 1 heterocycles. The zero-order valence-electron chi connectivity index (χ0n) is 13.3. The van der Waals surface area contributed by atoms with Gasteiger partial charge in [-0.3, -0.25) is 10.2 Å². The minimum absolute atomic E-state index is 0.180. The van der Waals surface area contributed by atoms with Gasteiger partial charge in [-0.15, -0.1) is 0 Å². The van der Waals surface area contributed by atoms with Gasteiger partial charge < -0.3 is 5.32 Å². The molecule has 2 N–H and O–H groups in total. The van der Waals surface area contributed by atoms with Crippen LogP contribution in [0.5, 0.6) is 0 Å². The van der Waals surface area contributed by atoms with Gasteiger partial charge in [-0.1, -0.05) is 49.4 Å². The first-order chi connectivity index (χ1) is 11.7. The van der Waals surface area contributed by atoms with Crippen LogP contribution in [0, 0.1) is 0 Å². The molecule has 0 atom stereocenters. The van der Waals surface area contributed by atoms with E-state index in [-0.39, 0.29) is 5.56 Å². The Kier molecular flexibility index (Phi) is 4.86. The first kappa shape index (κ1) is 16.1. The van der Waals surface area contributed by atoms with Crippen LogP contribution in [0.15, 0.2) is 59.4 Å². The largest absolute Gasteiger partial charge is 0.361 e. The Morgan fingerprint density at radius 2 is 1.83 bits per heavy atom. The van der Waals surface area contributed by atoms with E-state index in [1.54, 1.807) is 6.07 Å². The number of hydrogen-bond acceptors (Lipinski definition) is 3. The highest BCUT2D eigenvalue weighted by Crippen LogP contribution is 2.17. The van der Waals surface area contributed by atoms with Crippen molar-refractivity contribution in [2.45, 2.75) is 13.3 Å². The fourth-order valence-corrected chi connectivity index (χ4v) is 2.59. The van der Waals surface area contributed by atoms with Gasteiger partial charge >= 0.3 is 0 Å². The van der Waals surface area contributed by atoms with E-state index in [9.17, 15) is 4.79 Å². The van der Waals surface area contributed by atoms with Gasteiger partial charge in [0.1, 0.15) is 0 Å². The number of aromatic nitrogens is 2. The molecule has 0 saturated carbocycles. The molecular formula is C18H18N4OS. The van der Waals surface area contributed by atoms with Crippen LogP contribution in [-0.4, -0.2) is 21.3 Å². The van der Waals surface area contributed by atoms with Gasteiger partial charge in [0.05, 0.1) is 10.9 Å². The van der Waals surface area contributed by atoms with Crippen LogP contribution in [0.3, 0.4) is 0 Å². The number of benzene rings is 2. The maximum absolute atomic E-state index is 12.9. The van der Waals surface area contributed by atoms with Crippen LogP contribution in [0.1, 0.15) is 13.3 Å². The number of rotatable bonds is 4. The highest BCUT2D eigenvalue weighted by Gasteiger charge is 2.13. The van der Waals surface area contributed by atoms with Gasteiger partial charge in [-0.25, -0.2) is 4.98 Å². The predicted molar refractivity (Wildman–Crippen MR) is 102 cm³/mol. The van der Waals surface area contributed by atoms with Gasteiger partial charge in [0.15, 0.2) is 10.9 Å². The van der Waals surface area contributed by atoms with E-state index in [2.05, 4.69) is 22.7 Å². The third kappa shape index (κ3) is 3.28. The predicted octanol–water partition coefficient (Wildman–Crippen LogP) is 2.89. The fraction of sp³-hybridized carbons (Fsp3) is 0.167. The topological polar surface area (TPSA) is 58.9 Å². The van der Waals surface area contributed by atoms with Gasteiger partial charge in [0, 0.05) is 12.1 Å². The molecule has 3 rings (SSSR count). The minimum atomic E-state index is -0.180. The van der Waals surface area contributed by atoms with E-state index in [0.29, 0.717) is 21.8 Å². The molecule has 0 bridgehead atoms. The molecule has 5 nitrogen and oxygen atoms in total. The summed E-state index contributed by atoms with van der Waals surface area (Å²) in [7, 11) is 0. The summed E-state index contributed by atoms with van der Waals surface area (Å²) in [4.78, 5) is 17.6. The SMILES string of the molecule is CCCNC(=S)Nn1c(-c2ccccc2)nc2ccccc2c1=O. The van der Waals surface area contributed by atoms with Crippen LogP contribution in [0.4, 0.5) is 0 Å². The number of nitrogens with zero attached hydrogens (tertiary/aromatic N) is 2. The molecule has 0 fully saturated rings. The van der Waals surface area contributed by atoms with Crippen molar-refractivity contribution in [3.63, 3.8) is 0 Å². The zero-order valence-corrected chi connectivity index (χ0v) is 14.1. The monoisotopic (exact) mass is 338 g/mol. The second-order valence-corrected chi connectivity index (χ2v) is 5.74. The average molecular weight is 338 g/mol. The van der Waals surface area contributed by atoms with Gasteiger partial charge in [0.2, 0.25) is 0 Å². The molecule has 0 aliphatic rings. The van der Waals surface area contributed by atoms with Gasteiger partial charge in [0.25, 0.3) is 5.56 Å². The van der Waals surface area contributed by atoms with E-state index in [4.69, 9.17) is 12.2 Å². The van der Waals surface area contributed by atoms with Crippen molar-refractivity contribution < 1.29 is 0 Å². The summed E-state index contributed by atoms with van der Waals surface area (Å²) in [5.41, 5.74) is 4.28. The summed E-state index contributed by atoms with van der Waals surface area (Å²) in [5, 5.41) is 4.01. The highest BCUT2D eigenvalue weighted by molar-refractivity contribution is 7.80. The highest BCUT2D eigenvalue weighted by atomic mass is 32.1. The van der Waals surface area contributed by atoms with Crippen LogP contribution in [0.25, 0.3) is 22.3 Å². The molecule has 0 aliphatic heterocycles. The summed E-state index contributed by atoms with van der Waals surface area (Å²) in [6.07, 6.45) is 0.943. The first-order valence-corrected chi connectivity index (χ1v) is 8.23. The van der Waals surface area contributed by atoms with Crippen molar-refractivity contribution in [1.82, 2.24) is 15.0 Å². The van der Waals surface area contributed by atoms with E-state index >= 15 is 0 Å². The Morgan fingerprint density at radius 1 is 1.12 bits per heavy atom. The minimum Gasteiger partial charge on any atom is -0.361 e. The Balaban J connectivity index is 2.15. The van der Waals surface area contributed by atoms with Crippen LogP contribution in [-0.2, 0) is 0 Å². The van der Waals surface area contributed by atoms with E-state index in [1.807, 2.05) is 48.5 Å². The standard InChI is InChI=1S/C18H18N4OS/c1-2-12-19-18(24)21-22-16(13-8-4-3-5-9-13)20-15-11-7-6-10-14(15)17(22)23/h3-11H,2,12H2,1H3,(H2,19,21,24). The summed E-state index contributed by atoms with van der Waals surface area (Å²) >= 11 is 5.28. The number of para-hydroxylation sites is 1. The Bertz CT molecular complexity index is 921. The van der Waals surface area contributed by atoms with Crippen LogP contribution >= 0.6 is 12.2 Å². The normalized spacial score (nSPS) is 10.5. The second-order valence-electron chi connectivity index (χ2n) is 5.33. The van der Waals surface area contributed by atoms with Crippen molar-refractivity contribution >= 4 is 28.2 Å². The molecule has 0 spiro atoms. The quantitative estimate of drug-likeness (QED) is 0.717. The molecule has 0 unspecified atom stereocenters. The van der Waals surface area contributed by atoms with Gasteiger partial charge in [-0.05, 0) is 30.8 Å². The van der Waals surface area contributed by atoms with Gasteiger partial charge in [-0.2, -0.15) is 4.68 Å². The van der Waals surface area contributed by atoms with Crippen molar-refractivity contribution in [3.05, 3.63) is 65.0 Å². The smallest absolute Gasteiger partial charge is 0.280 e. The molecule has 6 heteroatoms. The molecule has 0 radical (unpaired) electrons. The number of fused-ring (bicyclic) bond motifs is 1. The van der Waals surface area contributed by atoms with Crippen molar-refractivity contribution in [2.24, 2.45) is 0 Å². The molecule has 2 aromatic carbocycles. The van der Waals surface area contributed by atoms with E-state index in [1.165, 1.54) is 4.68 Å². The zero-order chi connectivity index (χ0) is 16.9. The maximum atomic E-state index is 12.9. The summed E-state index contributed by atoms with van der Waals surface area (Å²) < 4.78 is 1.41. The average Bonchev–Trinajstić information content (AvgIpc) is 2.63. The molecule has 0 aliphatic carbocycles. The molecule has 122 valence electrons.